The Kier molecular flexibility index (Phi) is 8.43. The van der Waals surface area contributed by atoms with Crippen LogP contribution in [0.2, 0.25) is 0 Å². The number of ether oxygens (including phenoxy) is 2. The zero-order valence-corrected chi connectivity index (χ0v) is 22.5. The van der Waals surface area contributed by atoms with Crippen molar-refractivity contribution in [1.82, 2.24) is 0 Å². The Bertz CT molecular complexity index is 978. The van der Waals surface area contributed by atoms with Crippen molar-refractivity contribution >= 4 is 23.3 Å². The molecule has 0 spiro atoms. The number of esters is 2. The van der Waals surface area contributed by atoms with Crippen molar-refractivity contribution in [3.63, 3.8) is 0 Å². The van der Waals surface area contributed by atoms with E-state index in [-0.39, 0.29) is 6.61 Å². The van der Waals surface area contributed by atoms with Gasteiger partial charge in [-0.3, -0.25) is 4.79 Å². The Labute approximate surface area is 191 Å². The zero-order valence-electron chi connectivity index (χ0n) is 16.3. The van der Waals surface area contributed by atoms with Crippen molar-refractivity contribution in [3.8, 4) is 5.75 Å². The van der Waals surface area contributed by atoms with Crippen LogP contribution in [-0.4, -0.2) is 18.0 Å². The molecule has 0 fully saturated rings. The predicted octanol–water partition coefficient (Wildman–Crippen LogP) is 3.38. The number of carbonyl (C=O) groups excluding carboxylic acids is 2. The second kappa shape index (κ2) is 11.3. The molecule has 3 aromatic carbocycles. The molecule has 7 heteroatoms. The fourth-order valence-electron chi connectivity index (χ4n) is 2.76. The first kappa shape index (κ1) is 22.5. The topological polar surface area (TPSA) is 78.6 Å². The van der Waals surface area contributed by atoms with Crippen LogP contribution >= 0.6 is 8.25 Å². The van der Waals surface area contributed by atoms with Gasteiger partial charge in [0.25, 0.3) is 0 Å². The third kappa shape index (κ3) is 6.66. The quantitative estimate of drug-likeness (QED) is 0.241. The van der Waals surface area contributed by atoms with Crippen LogP contribution in [0.1, 0.15) is 21.5 Å². The second-order valence-corrected chi connectivity index (χ2v) is 13.3. The summed E-state index contributed by atoms with van der Waals surface area (Å²) < 4.78 is 11.8. The van der Waals surface area contributed by atoms with Gasteiger partial charge in [0.05, 0.1) is 0 Å². The molecule has 3 rings (SSSR count). The first-order chi connectivity index (χ1) is 14.5. The minimum Gasteiger partial charge on any atom is -0.460 e. The summed E-state index contributed by atoms with van der Waals surface area (Å²) >= 11 is -1.46. The maximum Gasteiger partial charge on any atom is 0.323 e. The molecule has 0 aliphatic carbocycles. The van der Waals surface area contributed by atoms with Gasteiger partial charge in [-0.15, -0.1) is 0 Å². The molecular weight excluding hydrogens is 590 g/mol. The average molecular weight is 610 g/mol. The van der Waals surface area contributed by atoms with E-state index in [9.17, 15) is 9.59 Å². The van der Waals surface area contributed by atoms with Gasteiger partial charge >= 0.3 is 134 Å². The normalized spacial score (nSPS) is 11.3. The standard InChI is InChI=1S/C23H20NO4.ClH.Hg/c24-21(23(26)27-16-18-7-3-1-4-8-18)15-17-11-13-20(14-12-17)28-22(25)19-9-5-2-6-10-19;;/h1,3-14,21H,15-16,24H2;1H;/q;;+1/p-1/t21-;;/m0../s1. The molecular formula is C23H20ClHgNO4. The van der Waals surface area contributed by atoms with E-state index in [1.165, 1.54) is 0 Å². The van der Waals surface area contributed by atoms with Crippen molar-refractivity contribution in [1.29, 1.82) is 0 Å². The van der Waals surface area contributed by atoms with Gasteiger partial charge in [0.2, 0.25) is 0 Å². The van der Waals surface area contributed by atoms with Gasteiger partial charge in [-0.05, 0) is 5.56 Å². The van der Waals surface area contributed by atoms with Crippen molar-refractivity contribution in [2.75, 3.05) is 0 Å². The molecule has 0 aliphatic rings. The third-order valence-electron chi connectivity index (χ3n) is 4.46. The smallest absolute Gasteiger partial charge is 0.323 e. The molecule has 0 aromatic heterocycles. The van der Waals surface area contributed by atoms with Crippen molar-refractivity contribution in [3.05, 3.63) is 95.6 Å². The molecule has 0 aliphatic heterocycles. The summed E-state index contributed by atoms with van der Waals surface area (Å²) in [5.41, 5.74) is 8.20. The molecule has 2 N–H and O–H groups in total. The molecule has 0 amide bonds. The van der Waals surface area contributed by atoms with Crippen LogP contribution in [0.4, 0.5) is 0 Å². The predicted molar refractivity (Wildman–Crippen MR) is 111 cm³/mol. The van der Waals surface area contributed by atoms with Gasteiger partial charge in [0, 0.05) is 0 Å². The fourth-order valence-corrected chi connectivity index (χ4v) is 5.93. The molecule has 0 heterocycles. The van der Waals surface area contributed by atoms with Crippen LogP contribution in [0.5, 0.6) is 5.75 Å². The molecule has 0 bridgehead atoms. The van der Waals surface area contributed by atoms with Crippen LogP contribution in [0, 0.1) is 0 Å². The van der Waals surface area contributed by atoms with Gasteiger partial charge in [-0.25, -0.2) is 0 Å². The van der Waals surface area contributed by atoms with Crippen LogP contribution in [-0.2, 0) is 45.9 Å². The summed E-state index contributed by atoms with van der Waals surface area (Å²) in [6.07, 6.45) is 0.327. The molecule has 1 atom stereocenters. The van der Waals surface area contributed by atoms with Gasteiger partial charge in [-0.1, -0.05) is 30.3 Å². The first-order valence-electron chi connectivity index (χ1n) is 9.47. The Morgan fingerprint density at radius 1 is 0.900 bits per heavy atom. The maximum absolute atomic E-state index is 12.2. The third-order valence-corrected chi connectivity index (χ3v) is 10.2. The van der Waals surface area contributed by atoms with E-state index in [1.807, 2.05) is 42.5 Å². The number of hydrogen-bond acceptors (Lipinski definition) is 5. The van der Waals surface area contributed by atoms with Crippen molar-refractivity contribution < 1.29 is 42.4 Å². The monoisotopic (exact) mass is 611 g/mol. The minimum atomic E-state index is -1.46. The fraction of sp³-hybridized carbons (Fsp3) is 0.130. The number of halogens is 1. The van der Waals surface area contributed by atoms with E-state index in [0.29, 0.717) is 17.7 Å². The summed E-state index contributed by atoms with van der Waals surface area (Å²) in [5, 5.41) is 0. The van der Waals surface area contributed by atoms with E-state index in [4.69, 9.17) is 23.5 Å². The molecule has 0 unspecified atom stereocenters. The van der Waals surface area contributed by atoms with Crippen LogP contribution in [0.3, 0.4) is 0 Å². The summed E-state index contributed by atoms with van der Waals surface area (Å²) in [6.45, 7) is 0.192. The Morgan fingerprint density at radius 3 is 2.20 bits per heavy atom. The Morgan fingerprint density at radius 2 is 1.57 bits per heavy atom. The molecule has 0 saturated carbocycles. The number of benzene rings is 3. The van der Waals surface area contributed by atoms with Gasteiger partial charge < -0.3 is 10.5 Å². The number of carbonyl (C=O) groups is 2. The van der Waals surface area contributed by atoms with Crippen LogP contribution in [0.25, 0.3) is 0 Å². The largest absolute Gasteiger partial charge is 0.460 e. The maximum atomic E-state index is 12.2. The van der Waals surface area contributed by atoms with E-state index < -0.39 is 41.3 Å². The minimum absolute atomic E-state index is 0.192. The van der Waals surface area contributed by atoms with Crippen molar-refractivity contribution in [2.24, 2.45) is 5.73 Å². The van der Waals surface area contributed by atoms with Gasteiger partial charge in [0.15, 0.2) is 0 Å². The molecule has 0 radical (unpaired) electrons. The molecule has 150 valence electrons. The zero-order chi connectivity index (χ0) is 21.3. The number of rotatable bonds is 8. The van der Waals surface area contributed by atoms with Gasteiger partial charge in [-0.2, -0.15) is 0 Å². The van der Waals surface area contributed by atoms with E-state index in [0.717, 1.165) is 14.2 Å². The molecule has 30 heavy (non-hydrogen) atoms. The van der Waals surface area contributed by atoms with Crippen LogP contribution < -0.4 is 13.5 Å². The molecule has 0 saturated heterocycles. The first-order valence-corrected chi connectivity index (χ1v) is 19.0. The summed E-state index contributed by atoms with van der Waals surface area (Å²) in [5.74, 6) is -0.466. The van der Waals surface area contributed by atoms with E-state index in [2.05, 4.69) is 0 Å². The van der Waals surface area contributed by atoms with Gasteiger partial charge in [0.1, 0.15) is 6.61 Å². The summed E-state index contributed by atoms with van der Waals surface area (Å²) in [4.78, 5) is 24.4. The SMILES string of the molecule is N[C@@H](Cc1ccc(OC(=O)c2cc[c]([Hg][Cl])cc2)cc1)C(=O)OCc1ccccc1. The second-order valence-electron chi connectivity index (χ2n) is 6.77. The average Bonchev–Trinajstić information content (AvgIpc) is 2.79. The molecule has 3 aromatic rings. The Hall–Kier alpha value is -2.21. The number of nitrogens with two attached hydrogens (primary N) is 1. The Balaban J connectivity index is 1.50. The van der Waals surface area contributed by atoms with E-state index in [1.54, 1.807) is 36.4 Å². The van der Waals surface area contributed by atoms with Crippen molar-refractivity contribution in [2.45, 2.75) is 19.1 Å². The number of hydrogen-bond donors (Lipinski definition) is 1. The van der Waals surface area contributed by atoms with Crippen LogP contribution in [0.15, 0.2) is 78.9 Å². The summed E-state index contributed by atoms with van der Waals surface area (Å²) in [7, 11) is 5.97. The molecule has 5 nitrogen and oxygen atoms in total. The van der Waals surface area contributed by atoms with E-state index >= 15 is 0 Å². The summed E-state index contributed by atoms with van der Waals surface area (Å²) in [6, 6.07) is 22.8.